The lowest BCUT2D eigenvalue weighted by molar-refractivity contribution is -0.133. The molecule has 0 atom stereocenters. The number of nitrogens with zero attached hydrogens (tertiary/aromatic N) is 3. The van der Waals surface area contributed by atoms with E-state index >= 15 is 0 Å². The van der Waals surface area contributed by atoms with E-state index in [-0.39, 0.29) is 5.75 Å². The summed E-state index contributed by atoms with van der Waals surface area (Å²) in [6, 6.07) is 3.67. The third-order valence-corrected chi connectivity index (χ3v) is 3.60. The van der Waals surface area contributed by atoms with Crippen LogP contribution in [0.15, 0.2) is 28.9 Å². The van der Waals surface area contributed by atoms with Gasteiger partial charge in [0.15, 0.2) is 4.34 Å². The molecule has 0 unspecified atom stereocenters. The van der Waals surface area contributed by atoms with Gasteiger partial charge in [0.25, 0.3) is 0 Å². The van der Waals surface area contributed by atoms with E-state index in [1.54, 1.807) is 12.4 Å². The summed E-state index contributed by atoms with van der Waals surface area (Å²) in [5, 5.41) is 20.0. The van der Waals surface area contributed by atoms with Crippen LogP contribution in [0.4, 0.5) is 10.8 Å². The van der Waals surface area contributed by atoms with Gasteiger partial charge in [-0.3, -0.25) is 9.78 Å². The zero-order chi connectivity index (χ0) is 12.1. The molecule has 0 fully saturated rings. The van der Waals surface area contributed by atoms with Crippen molar-refractivity contribution < 1.29 is 9.90 Å². The Hall–Kier alpha value is -1.67. The normalized spacial score (nSPS) is 10.1. The van der Waals surface area contributed by atoms with E-state index < -0.39 is 5.97 Å². The van der Waals surface area contributed by atoms with E-state index in [0.717, 1.165) is 17.4 Å². The van der Waals surface area contributed by atoms with Crippen molar-refractivity contribution in [2.75, 3.05) is 11.1 Å². The van der Waals surface area contributed by atoms with Gasteiger partial charge in [-0.2, -0.15) is 0 Å². The number of nitrogens with one attached hydrogen (secondary N) is 1. The molecule has 88 valence electrons. The van der Waals surface area contributed by atoms with Gasteiger partial charge in [-0.25, -0.2) is 0 Å². The minimum Gasteiger partial charge on any atom is -0.481 e. The molecule has 2 aromatic heterocycles. The fraction of sp³-hybridized carbons (Fsp3) is 0.111. The summed E-state index contributed by atoms with van der Waals surface area (Å²) < 4.78 is 0.624. The molecule has 0 aliphatic rings. The van der Waals surface area contributed by atoms with E-state index in [9.17, 15) is 4.79 Å². The van der Waals surface area contributed by atoms with Gasteiger partial charge in [-0.05, 0) is 12.1 Å². The Bertz CT molecular complexity index is 503. The van der Waals surface area contributed by atoms with Gasteiger partial charge in [0.2, 0.25) is 5.13 Å². The second-order valence-electron chi connectivity index (χ2n) is 2.92. The Balaban J connectivity index is 1.97. The van der Waals surface area contributed by atoms with Crippen LogP contribution in [-0.4, -0.2) is 32.0 Å². The van der Waals surface area contributed by atoms with Crippen molar-refractivity contribution in [3.05, 3.63) is 24.5 Å². The van der Waals surface area contributed by atoms with Gasteiger partial charge in [0, 0.05) is 6.20 Å². The van der Waals surface area contributed by atoms with Crippen LogP contribution in [0.25, 0.3) is 0 Å². The van der Waals surface area contributed by atoms with Crippen LogP contribution in [0.1, 0.15) is 0 Å². The van der Waals surface area contributed by atoms with Crippen molar-refractivity contribution >= 4 is 39.9 Å². The monoisotopic (exact) mass is 268 g/mol. The molecule has 0 aromatic carbocycles. The third-order valence-electron chi connectivity index (χ3n) is 1.64. The largest absolute Gasteiger partial charge is 0.481 e. The molecule has 2 N–H and O–H groups in total. The number of carbonyl (C=O) groups is 1. The van der Waals surface area contributed by atoms with Crippen molar-refractivity contribution in [3.8, 4) is 0 Å². The van der Waals surface area contributed by atoms with Crippen LogP contribution >= 0.6 is 23.1 Å². The van der Waals surface area contributed by atoms with Crippen LogP contribution in [0.5, 0.6) is 0 Å². The van der Waals surface area contributed by atoms with Crippen LogP contribution in [0.2, 0.25) is 0 Å². The Morgan fingerprint density at radius 3 is 3.12 bits per heavy atom. The fourth-order valence-electron chi connectivity index (χ4n) is 1.00. The SMILES string of the molecule is O=C(O)CSc1nnc(Nc2cccnc2)s1. The van der Waals surface area contributed by atoms with Gasteiger partial charge in [0.1, 0.15) is 0 Å². The summed E-state index contributed by atoms with van der Waals surface area (Å²) in [6.45, 7) is 0. The highest BCUT2D eigenvalue weighted by Crippen LogP contribution is 2.27. The molecular formula is C9H8N4O2S2. The topological polar surface area (TPSA) is 88.0 Å². The van der Waals surface area contributed by atoms with E-state index in [1.807, 2.05) is 12.1 Å². The van der Waals surface area contributed by atoms with Crippen molar-refractivity contribution in [2.24, 2.45) is 0 Å². The molecule has 0 aliphatic heterocycles. The third kappa shape index (κ3) is 3.68. The summed E-state index contributed by atoms with van der Waals surface area (Å²) in [6.07, 6.45) is 3.35. The second-order valence-corrected chi connectivity index (χ2v) is 5.12. The lowest BCUT2D eigenvalue weighted by Crippen LogP contribution is -1.96. The molecule has 0 spiro atoms. The Labute approximate surface area is 105 Å². The Morgan fingerprint density at radius 1 is 1.53 bits per heavy atom. The maximum atomic E-state index is 10.4. The zero-order valence-corrected chi connectivity index (χ0v) is 10.2. The molecule has 2 rings (SSSR count). The predicted octanol–water partition coefficient (Wildman–Crippen LogP) is 1.85. The van der Waals surface area contributed by atoms with Crippen LogP contribution in [0.3, 0.4) is 0 Å². The second kappa shape index (κ2) is 5.60. The number of aliphatic carboxylic acids is 1. The number of rotatable bonds is 5. The molecule has 0 saturated heterocycles. The average Bonchev–Trinajstić information content (AvgIpc) is 2.75. The van der Waals surface area contributed by atoms with Crippen molar-refractivity contribution in [1.29, 1.82) is 0 Å². The maximum Gasteiger partial charge on any atom is 0.313 e. The van der Waals surface area contributed by atoms with E-state index in [4.69, 9.17) is 5.11 Å². The first-order chi connectivity index (χ1) is 8.24. The number of hydrogen-bond donors (Lipinski definition) is 2. The fourth-order valence-corrected chi connectivity index (χ4v) is 2.49. The predicted molar refractivity (Wildman–Crippen MR) is 65.8 cm³/mol. The highest BCUT2D eigenvalue weighted by atomic mass is 32.2. The van der Waals surface area contributed by atoms with Crippen LogP contribution in [0, 0.1) is 0 Å². The molecule has 6 nitrogen and oxygen atoms in total. The molecule has 0 aliphatic carbocycles. The molecule has 17 heavy (non-hydrogen) atoms. The van der Waals surface area contributed by atoms with Gasteiger partial charge < -0.3 is 10.4 Å². The minimum atomic E-state index is -0.869. The molecule has 2 heterocycles. The van der Waals surface area contributed by atoms with Gasteiger partial charge in [-0.15, -0.1) is 10.2 Å². The number of carboxylic acids is 1. The van der Waals surface area contributed by atoms with Crippen molar-refractivity contribution in [2.45, 2.75) is 4.34 Å². The molecular weight excluding hydrogens is 260 g/mol. The van der Waals surface area contributed by atoms with Crippen molar-refractivity contribution in [3.63, 3.8) is 0 Å². The number of thioether (sulfide) groups is 1. The Morgan fingerprint density at radius 2 is 2.41 bits per heavy atom. The smallest absolute Gasteiger partial charge is 0.313 e. The lowest BCUT2D eigenvalue weighted by Gasteiger charge is -1.98. The first kappa shape index (κ1) is 11.8. The van der Waals surface area contributed by atoms with Crippen LogP contribution < -0.4 is 5.32 Å². The summed E-state index contributed by atoms with van der Waals surface area (Å²) in [5.74, 6) is -0.881. The molecule has 8 heteroatoms. The molecule has 0 saturated carbocycles. The highest BCUT2D eigenvalue weighted by molar-refractivity contribution is 8.01. The maximum absolute atomic E-state index is 10.4. The Kier molecular flexibility index (Phi) is 3.89. The average molecular weight is 268 g/mol. The van der Waals surface area contributed by atoms with E-state index in [0.29, 0.717) is 9.47 Å². The van der Waals surface area contributed by atoms with Gasteiger partial charge >= 0.3 is 5.97 Å². The van der Waals surface area contributed by atoms with Crippen molar-refractivity contribution in [1.82, 2.24) is 15.2 Å². The molecule has 0 amide bonds. The quantitative estimate of drug-likeness (QED) is 0.800. The van der Waals surface area contributed by atoms with Gasteiger partial charge in [0.05, 0.1) is 17.6 Å². The summed E-state index contributed by atoms with van der Waals surface area (Å²) in [7, 11) is 0. The standard InChI is InChI=1S/C9H8N4O2S2/c14-7(15)5-16-9-13-12-8(17-9)11-6-2-1-3-10-4-6/h1-4H,5H2,(H,11,12)(H,14,15). The lowest BCUT2D eigenvalue weighted by atomic mass is 10.4. The molecule has 2 aromatic rings. The highest BCUT2D eigenvalue weighted by Gasteiger charge is 2.07. The van der Waals surface area contributed by atoms with Crippen LogP contribution in [-0.2, 0) is 4.79 Å². The number of anilines is 2. The minimum absolute atomic E-state index is 0.0124. The molecule has 0 radical (unpaired) electrons. The zero-order valence-electron chi connectivity index (χ0n) is 8.53. The number of carboxylic acid groups (broad SMARTS) is 1. The van der Waals surface area contributed by atoms with Gasteiger partial charge in [-0.1, -0.05) is 23.1 Å². The summed E-state index contributed by atoms with van der Waals surface area (Å²) in [5.41, 5.74) is 0.818. The number of pyridine rings is 1. The number of aromatic nitrogens is 3. The first-order valence-corrected chi connectivity index (χ1v) is 6.39. The molecule has 0 bridgehead atoms. The number of hydrogen-bond acceptors (Lipinski definition) is 7. The first-order valence-electron chi connectivity index (χ1n) is 4.59. The van der Waals surface area contributed by atoms with E-state index in [2.05, 4.69) is 20.5 Å². The summed E-state index contributed by atoms with van der Waals surface area (Å²) in [4.78, 5) is 14.3. The summed E-state index contributed by atoms with van der Waals surface area (Å²) >= 11 is 2.46. The van der Waals surface area contributed by atoms with E-state index in [1.165, 1.54) is 11.3 Å².